The van der Waals surface area contributed by atoms with Crippen LogP contribution in [0.5, 0.6) is 0 Å². The minimum absolute atomic E-state index is 0.0957. The van der Waals surface area contributed by atoms with Crippen LogP contribution in [0.15, 0.2) is 4.90 Å². The van der Waals surface area contributed by atoms with Gasteiger partial charge in [0.2, 0.25) is 5.28 Å². The number of nitrogens with one attached hydrogen (secondary N) is 1. The van der Waals surface area contributed by atoms with E-state index in [1.165, 1.54) is 0 Å². The van der Waals surface area contributed by atoms with Crippen molar-refractivity contribution in [1.82, 2.24) is 9.97 Å². The third kappa shape index (κ3) is 3.52. The molecule has 1 aromatic rings. The summed E-state index contributed by atoms with van der Waals surface area (Å²) in [7, 11) is -3.25. The van der Waals surface area contributed by atoms with Gasteiger partial charge in [-0.15, -0.1) is 0 Å². The number of aryl methyl sites for hydroxylation is 1. The third-order valence-corrected chi connectivity index (χ3v) is 5.55. The summed E-state index contributed by atoms with van der Waals surface area (Å²) in [4.78, 5) is 8.25. The number of fused-ring (bicyclic) bond motifs is 1. The summed E-state index contributed by atoms with van der Waals surface area (Å²) in [5.41, 5.74) is 0.534. The summed E-state index contributed by atoms with van der Waals surface area (Å²) in [5.74, 6) is 1.55. The van der Waals surface area contributed by atoms with Crippen molar-refractivity contribution in [3.8, 4) is 0 Å². The van der Waals surface area contributed by atoms with Crippen molar-refractivity contribution in [3.05, 3.63) is 11.0 Å². The van der Waals surface area contributed by atoms with E-state index in [-0.39, 0.29) is 15.9 Å². The first-order valence-electron chi connectivity index (χ1n) is 6.06. The zero-order chi connectivity index (χ0) is 13.9. The van der Waals surface area contributed by atoms with Crippen LogP contribution in [0.4, 0.5) is 5.82 Å². The number of aromatic nitrogens is 2. The number of rotatable bonds is 6. The molecule has 0 amide bonds. The van der Waals surface area contributed by atoms with Crippen LogP contribution in [0.25, 0.3) is 0 Å². The minimum atomic E-state index is -3.25. The number of nitrogens with zero attached hydrogens (tertiary/aromatic N) is 2. The third-order valence-electron chi connectivity index (χ3n) is 2.89. The summed E-state index contributed by atoms with van der Waals surface area (Å²) in [6, 6.07) is 0. The SMILES string of the molecule is CSCCCCNc1nc(Cl)nc2c1S(=O)(=O)CC2. The molecule has 0 spiro atoms. The number of sulfone groups is 1. The van der Waals surface area contributed by atoms with Crippen LogP contribution < -0.4 is 5.32 Å². The molecule has 0 atom stereocenters. The topological polar surface area (TPSA) is 72.0 Å². The molecular weight excluding hydrogens is 306 g/mol. The normalized spacial score (nSPS) is 16.3. The van der Waals surface area contributed by atoms with Crippen molar-refractivity contribution < 1.29 is 8.42 Å². The number of hydrogen-bond donors (Lipinski definition) is 1. The van der Waals surface area contributed by atoms with Crippen molar-refractivity contribution in [2.45, 2.75) is 24.2 Å². The molecule has 5 nitrogen and oxygen atoms in total. The largest absolute Gasteiger partial charge is 0.369 e. The monoisotopic (exact) mass is 321 g/mol. The summed E-state index contributed by atoms with van der Waals surface area (Å²) in [5, 5.41) is 3.18. The molecule has 1 aliphatic rings. The first kappa shape index (κ1) is 14.9. The molecule has 0 aromatic carbocycles. The van der Waals surface area contributed by atoms with E-state index >= 15 is 0 Å². The lowest BCUT2D eigenvalue weighted by Crippen LogP contribution is -2.10. The summed E-state index contributed by atoms with van der Waals surface area (Å²) in [6.45, 7) is 0.690. The van der Waals surface area contributed by atoms with E-state index < -0.39 is 9.84 Å². The Morgan fingerprint density at radius 3 is 2.89 bits per heavy atom. The fourth-order valence-electron chi connectivity index (χ4n) is 1.99. The number of unbranched alkanes of at least 4 members (excludes halogenated alkanes) is 1. The van der Waals surface area contributed by atoms with Crippen molar-refractivity contribution in [2.75, 3.05) is 29.6 Å². The number of halogens is 1. The highest BCUT2D eigenvalue weighted by Crippen LogP contribution is 2.31. The lowest BCUT2D eigenvalue weighted by molar-refractivity contribution is 0.599. The fraction of sp³-hybridized carbons (Fsp3) is 0.636. The van der Waals surface area contributed by atoms with Gasteiger partial charge in [0.25, 0.3) is 0 Å². The van der Waals surface area contributed by atoms with Gasteiger partial charge in [0.15, 0.2) is 9.84 Å². The number of anilines is 1. The van der Waals surface area contributed by atoms with E-state index in [2.05, 4.69) is 21.5 Å². The molecule has 2 heterocycles. The second-order valence-electron chi connectivity index (χ2n) is 4.31. The number of hydrogen-bond acceptors (Lipinski definition) is 6. The molecule has 0 aliphatic carbocycles. The molecule has 0 fully saturated rings. The first-order valence-corrected chi connectivity index (χ1v) is 9.49. The van der Waals surface area contributed by atoms with E-state index in [4.69, 9.17) is 11.6 Å². The van der Waals surface area contributed by atoms with Gasteiger partial charge >= 0.3 is 0 Å². The van der Waals surface area contributed by atoms with Gasteiger partial charge in [-0.05, 0) is 36.5 Å². The number of thioether (sulfide) groups is 1. The van der Waals surface area contributed by atoms with Crippen LogP contribution in [0.3, 0.4) is 0 Å². The maximum Gasteiger partial charge on any atom is 0.224 e. The van der Waals surface area contributed by atoms with E-state index in [1.54, 1.807) is 11.8 Å². The molecule has 0 saturated heterocycles. The highest BCUT2D eigenvalue weighted by atomic mass is 35.5. The molecule has 1 aromatic heterocycles. The lowest BCUT2D eigenvalue weighted by Gasteiger charge is -2.09. The van der Waals surface area contributed by atoms with E-state index in [1.807, 2.05) is 0 Å². The Labute approximate surface area is 122 Å². The Balaban J connectivity index is 2.13. The van der Waals surface area contributed by atoms with Crippen LogP contribution in [0.2, 0.25) is 5.28 Å². The van der Waals surface area contributed by atoms with Gasteiger partial charge in [-0.25, -0.2) is 13.4 Å². The molecule has 0 unspecified atom stereocenters. The zero-order valence-corrected chi connectivity index (χ0v) is 13.0. The Morgan fingerprint density at radius 2 is 2.16 bits per heavy atom. The van der Waals surface area contributed by atoms with E-state index in [0.717, 1.165) is 18.6 Å². The molecule has 0 radical (unpaired) electrons. The van der Waals surface area contributed by atoms with Crippen molar-refractivity contribution in [1.29, 1.82) is 0 Å². The van der Waals surface area contributed by atoms with Gasteiger partial charge in [-0.1, -0.05) is 0 Å². The molecule has 19 heavy (non-hydrogen) atoms. The molecule has 106 valence electrons. The summed E-state index contributed by atoms with van der Waals surface area (Å²) < 4.78 is 23.9. The standard InChI is InChI=1S/C11H16ClN3O2S2/c1-18-6-3-2-5-13-10-9-8(14-11(12)15-10)4-7-19(9,16)17/h2-7H2,1H3,(H,13,14,15). The molecule has 2 rings (SSSR count). The summed E-state index contributed by atoms with van der Waals surface area (Å²) >= 11 is 7.62. The Bertz CT molecular complexity index is 563. The van der Waals surface area contributed by atoms with Crippen molar-refractivity contribution in [2.24, 2.45) is 0 Å². The predicted molar refractivity (Wildman–Crippen MR) is 78.9 cm³/mol. The van der Waals surface area contributed by atoms with Gasteiger partial charge in [0, 0.05) is 13.0 Å². The van der Waals surface area contributed by atoms with Crippen molar-refractivity contribution >= 4 is 39.0 Å². The predicted octanol–water partition coefficient (Wildman–Crippen LogP) is 2.01. The first-order chi connectivity index (χ1) is 9.04. The average molecular weight is 322 g/mol. The molecule has 0 saturated carbocycles. The molecular formula is C11H16ClN3O2S2. The Hall–Kier alpha value is -0.530. The fourth-order valence-corrected chi connectivity index (χ4v) is 4.26. The van der Waals surface area contributed by atoms with Crippen LogP contribution in [-0.2, 0) is 16.3 Å². The summed E-state index contributed by atoms with van der Waals surface area (Å²) in [6.07, 6.45) is 4.54. The molecule has 1 N–H and O–H groups in total. The maximum absolute atomic E-state index is 12.0. The van der Waals surface area contributed by atoms with Crippen LogP contribution in [0, 0.1) is 0 Å². The smallest absolute Gasteiger partial charge is 0.224 e. The van der Waals surface area contributed by atoms with Crippen molar-refractivity contribution in [3.63, 3.8) is 0 Å². The Kier molecular flexibility index (Phi) is 4.92. The highest BCUT2D eigenvalue weighted by molar-refractivity contribution is 7.98. The molecule has 8 heteroatoms. The minimum Gasteiger partial charge on any atom is -0.369 e. The van der Waals surface area contributed by atoms with Gasteiger partial charge < -0.3 is 5.32 Å². The Morgan fingerprint density at radius 1 is 1.37 bits per heavy atom. The van der Waals surface area contributed by atoms with Crippen LogP contribution >= 0.6 is 23.4 Å². The molecule has 0 bridgehead atoms. The van der Waals surface area contributed by atoms with Gasteiger partial charge in [0.1, 0.15) is 10.7 Å². The average Bonchev–Trinajstić information content (AvgIpc) is 2.64. The van der Waals surface area contributed by atoms with E-state index in [9.17, 15) is 8.42 Å². The second kappa shape index (κ2) is 6.28. The molecule has 1 aliphatic heterocycles. The van der Waals surface area contributed by atoms with Gasteiger partial charge in [-0.3, -0.25) is 0 Å². The quantitative estimate of drug-likeness (QED) is 0.638. The second-order valence-corrected chi connectivity index (χ2v) is 7.68. The highest BCUT2D eigenvalue weighted by Gasteiger charge is 2.32. The lowest BCUT2D eigenvalue weighted by atomic mass is 10.3. The van der Waals surface area contributed by atoms with Crippen LogP contribution in [-0.4, -0.2) is 42.7 Å². The zero-order valence-electron chi connectivity index (χ0n) is 10.6. The van der Waals surface area contributed by atoms with Gasteiger partial charge in [-0.2, -0.15) is 16.7 Å². The maximum atomic E-state index is 12.0. The van der Waals surface area contributed by atoms with E-state index in [0.29, 0.717) is 24.5 Å². The van der Waals surface area contributed by atoms with Crippen LogP contribution in [0.1, 0.15) is 18.5 Å². The van der Waals surface area contributed by atoms with Gasteiger partial charge in [0.05, 0.1) is 11.4 Å².